The summed E-state index contributed by atoms with van der Waals surface area (Å²) < 4.78 is 7.26. The van der Waals surface area contributed by atoms with Gasteiger partial charge in [0.25, 0.3) is 5.52 Å². The third-order valence-electron chi connectivity index (χ3n) is 3.67. The van der Waals surface area contributed by atoms with Crippen molar-refractivity contribution in [2.24, 2.45) is 0 Å². The SMILES string of the molecule is CC(=O)c1cnn2c1n[n+]([O-])c1ccc(Oc3ccccc3)cc12. The molecule has 0 N–H and O–H groups in total. The molecule has 2 heterocycles. The van der Waals surface area contributed by atoms with E-state index in [-0.39, 0.29) is 11.4 Å². The van der Waals surface area contributed by atoms with E-state index in [9.17, 15) is 10.0 Å². The molecule has 0 spiro atoms. The van der Waals surface area contributed by atoms with E-state index >= 15 is 0 Å². The molecule has 0 aliphatic rings. The Kier molecular flexibility index (Phi) is 3.13. The molecule has 7 nitrogen and oxygen atoms in total. The number of ether oxygens (including phenoxy) is 1. The van der Waals surface area contributed by atoms with E-state index < -0.39 is 0 Å². The van der Waals surface area contributed by atoms with Gasteiger partial charge in [-0.1, -0.05) is 18.2 Å². The topological polar surface area (TPSA) is 83.4 Å². The molecule has 0 radical (unpaired) electrons. The molecule has 118 valence electrons. The lowest BCUT2D eigenvalue weighted by Gasteiger charge is -2.07. The average molecular weight is 320 g/mol. The van der Waals surface area contributed by atoms with Gasteiger partial charge < -0.3 is 9.94 Å². The summed E-state index contributed by atoms with van der Waals surface area (Å²) in [4.78, 5) is 12.1. The highest BCUT2D eigenvalue weighted by atomic mass is 16.5. The van der Waals surface area contributed by atoms with Gasteiger partial charge >= 0.3 is 0 Å². The Morgan fingerprint density at radius 1 is 1.17 bits per heavy atom. The average Bonchev–Trinajstić information content (AvgIpc) is 3.00. The van der Waals surface area contributed by atoms with Gasteiger partial charge in [0.15, 0.2) is 5.78 Å². The van der Waals surface area contributed by atoms with Gasteiger partial charge in [-0.15, -0.1) is 0 Å². The van der Waals surface area contributed by atoms with Crippen molar-refractivity contribution in [3.05, 3.63) is 65.5 Å². The molecular weight excluding hydrogens is 308 g/mol. The number of benzene rings is 2. The predicted octanol–water partition coefficient (Wildman–Crippen LogP) is 2.51. The summed E-state index contributed by atoms with van der Waals surface area (Å²) in [5.41, 5.74) is 1.37. The standard InChI is InChI=1S/C17H12N4O3/c1-11(22)14-10-18-20-16-9-13(24-12-5-3-2-4-6-12)7-8-15(16)21(23)19-17(14)20/h2-10H,1H3. The Balaban J connectivity index is 1.91. The van der Waals surface area contributed by atoms with Gasteiger partial charge in [0.2, 0.25) is 5.65 Å². The highest BCUT2D eigenvalue weighted by molar-refractivity contribution is 6.00. The summed E-state index contributed by atoms with van der Waals surface area (Å²) in [5, 5.41) is 20.2. The van der Waals surface area contributed by atoms with Crippen LogP contribution in [0.2, 0.25) is 0 Å². The zero-order valence-corrected chi connectivity index (χ0v) is 12.7. The van der Waals surface area contributed by atoms with E-state index in [1.165, 1.54) is 17.6 Å². The molecule has 4 rings (SSSR count). The Bertz CT molecular complexity index is 1070. The monoisotopic (exact) mass is 320 g/mol. The number of ketones is 1. The first-order valence-corrected chi connectivity index (χ1v) is 7.28. The fourth-order valence-electron chi connectivity index (χ4n) is 2.53. The van der Waals surface area contributed by atoms with Crippen LogP contribution in [0.4, 0.5) is 0 Å². The number of carbonyl (C=O) groups excluding carboxylic acids is 1. The smallest absolute Gasteiger partial charge is 0.270 e. The van der Waals surface area contributed by atoms with Crippen molar-refractivity contribution in [3.8, 4) is 11.5 Å². The van der Waals surface area contributed by atoms with Crippen molar-refractivity contribution < 1.29 is 14.4 Å². The van der Waals surface area contributed by atoms with Crippen LogP contribution in [0.25, 0.3) is 16.7 Å². The van der Waals surface area contributed by atoms with Gasteiger partial charge in [0.05, 0.1) is 11.8 Å². The maximum atomic E-state index is 12.1. The number of carbonyl (C=O) groups is 1. The van der Waals surface area contributed by atoms with Crippen molar-refractivity contribution >= 4 is 22.5 Å². The molecule has 0 saturated heterocycles. The van der Waals surface area contributed by atoms with Crippen molar-refractivity contribution in [2.75, 3.05) is 0 Å². The van der Waals surface area contributed by atoms with Gasteiger partial charge in [-0.3, -0.25) is 4.79 Å². The minimum Gasteiger partial charge on any atom is -0.594 e. The first kappa shape index (κ1) is 14.1. The number of nitrogens with zero attached hydrogens (tertiary/aromatic N) is 4. The van der Waals surface area contributed by atoms with E-state index in [0.717, 1.165) is 0 Å². The molecular formula is C17H12N4O3. The Morgan fingerprint density at radius 2 is 1.96 bits per heavy atom. The molecule has 0 bridgehead atoms. The fraction of sp³-hybridized carbons (Fsp3) is 0.0588. The summed E-state index contributed by atoms with van der Waals surface area (Å²) in [7, 11) is 0. The van der Waals surface area contributed by atoms with Crippen LogP contribution >= 0.6 is 0 Å². The second-order valence-electron chi connectivity index (χ2n) is 5.29. The van der Waals surface area contributed by atoms with E-state index in [2.05, 4.69) is 10.2 Å². The van der Waals surface area contributed by atoms with Crippen LogP contribution in [0.15, 0.2) is 54.7 Å². The first-order valence-electron chi connectivity index (χ1n) is 7.28. The Labute approximate surface area is 136 Å². The van der Waals surface area contributed by atoms with E-state index in [4.69, 9.17) is 4.74 Å². The molecule has 7 heteroatoms. The first-order chi connectivity index (χ1) is 11.6. The molecule has 2 aromatic carbocycles. The molecule has 0 unspecified atom stereocenters. The second-order valence-corrected chi connectivity index (χ2v) is 5.29. The lowest BCUT2D eigenvalue weighted by atomic mass is 10.2. The third-order valence-corrected chi connectivity index (χ3v) is 3.67. The molecule has 4 aromatic rings. The quantitative estimate of drug-likeness (QED) is 0.329. The number of fused-ring (bicyclic) bond motifs is 3. The number of rotatable bonds is 3. The minimum absolute atomic E-state index is 0.200. The lowest BCUT2D eigenvalue weighted by molar-refractivity contribution is -0.640. The highest BCUT2D eigenvalue weighted by Crippen LogP contribution is 2.24. The van der Waals surface area contributed by atoms with Crippen molar-refractivity contribution in [2.45, 2.75) is 6.92 Å². The fourth-order valence-corrected chi connectivity index (χ4v) is 2.53. The highest BCUT2D eigenvalue weighted by Gasteiger charge is 2.19. The number of hydrogen-bond acceptors (Lipinski definition) is 5. The summed E-state index contributed by atoms with van der Waals surface area (Å²) in [6.45, 7) is 1.41. The lowest BCUT2D eigenvalue weighted by Crippen LogP contribution is -2.33. The van der Waals surface area contributed by atoms with Crippen molar-refractivity contribution in [1.29, 1.82) is 0 Å². The third kappa shape index (κ3) is 2.23. The van der Waals surface area contributed by atoms with Crippen LogP contribution in [0.3, 0.4) is 0 Å². The number of hydrogen-bond donors (Lipinski definition) is 0. The van der Waals surface area contributed by atoms with Crippen molar-refractivity contribution in [1.82, 2.24) is 14.7 Å². The Hall–Kier alpha value is -3.48. The number of Topliss-reactive ketones (excluding diaryl/α,β-unsaturated/α-hetero) is 1. The zero-order chi connectivity index (χ0) is 16.7. The summed E-state index contributed by atoms with van der Waals surface area (Å²) in [5.74, 6) is 1.04. The minimum atomic E-state index is -0.200. The van der Waals surface area contributed by atoms with Crippen LogP contribution in [-0.4, -0.2) is 20.5 Å². The molecule has 0 aliphatic heterocycles. The number of para-hydroxylation sites is 1. The largest absolute Gasteiger partial charge is 0.594 e. The summed E-state index contributed by atoms with van der Waals surface area (Å²) in [6.07, 6.45) is 1.41. The maximum absolute atomic E-state index is 12.1. The second kappa shape index (κ2) is 5.31. The van der Waals surface area contributed by atoms with Gasteiger partial charge in [0, 0.05) is 17.2 Å². The summed E-state index contributed by atoms with van der Waals surface area (Å²) >= 11 is 0. The van der Waals surface area contributed by atoms with Crippen LogP contribution in [-0.2, 0) is 0 Å². The molecule has 0 aliphatic carbocycles. The Morgan fingerprint density at radius 3 is 2.71 bits per heavy atom. The molecule has 0 amide bonds. The van der Waals surface area contributed by atoms with Crippen LogP contribution in [0.5, 0.6) is 11.5 Å². The van der Waals surface area contributed by atoms with Crippen LogP contribution < -0.4 is 9.58 Å². The molecule has 0 fully saturated rings. The van der Waals surface area contributed by atoms with Gasteiger partial charge in [0.1, 0.15) is 17.0 Å². The van der Waals surface area contributed by atoms with Gasteiger partial charge in [-0.25, -0.2) is 4.52 Å². The molecule has 0 saturated carbocycles. The predicted molar refractivity (Wildman–Crippen MR) is 86.0 cm³/mol. The van der Waals surface area contributed by atoms with E-state index in [1.807, 2.05) is 30.3 Å². The maximum Gasteiger partial charge on any atom is 0.270 e. The van der Waals surface area contributed by atoms with Gasteiger partial charge in [-0.2, -0.15) is 5.10 Å². The molecule has 24 heavy (non-hydrogen) atoms. The molecule has 0 atom stereocenters. The van der Waals surface area contributed by atoms with Crippen molar-refractivity contribution in [3.63, 3.8) is 0 Å². The van der Waals surface area contributed by atoms with E-state index in [0.29, 0.717) is 32.9 Å². The van der Waals surface area contributed by atoms with Crippen LogP contribution in [0, 0.1) is 5.21 Å². The van der Waals surface area contributed by atoms with Gasteiger partial charge in [-0.05, 0) is 30.0 Å². The molecule has 2 aromatic heterocycles. The summed E-state index contributed by atoms with van der Waals surface area (Å²) in [6, 6.07) is 14.3. The van der Waals surface area contributed by atoms with Crippen LogP contribution in [0.1, 0.15) is 17.3 Å². The van der Waals surface area contributed by atoms with E-state index in [1.54, 1.807) is 18.2 Å². The zero-order valence-electron chi connectivity index (χ0n) is 12.7. The number of aromatic nitrogens is 4. The normalized spacial score (nSPS) is 11.0.